The van der Waals surface area contributed by atoms with Crippen LogP contribution in [0.3, 0.4) is 0 Å². The Morgan fingerprint density at radius 3 is 1.72 bits per heavy atom. The van der Waals surface area contributed by atoms with Crippen LogP contribution in [-0.4, -0.2) is 105 Å². The second kappa shape index (κ2) is 16.4. The van der Waals surface area contributed by atoms with Crippen molar-refractivity contribution in [3.63, 3.8) is 0 Å². The van der Waals surface area contributed by atoms with Crippen LogP contribution in [0.15, 0.2) is 0 Å². The van der Waals surface area contributed by atoms with Crippen molar-refractivity contribution in [2.45, 2.75) is 45.6 Å². The van der Waals surface area contributed by atoms with Gasteiger partial charge in [-0.25, -0.2) is 0 Å². The average Bonchev–Trinajstić information content (AvgIpc) is 3.15. The van der Waals surface area contributed by atoms with Gasteiger partial charge in [0.2, 0.25) is 0 Å². The van der Waals surface area contributed by atoms with Crippen molar-refractivity contribution >= 4 is 0 Å². The molecule has 0 spiro atoms. The smallest absolute Gasteiger partial charge is 0.854 e. The zero-order valence-corrected chi connectivity index (χ0v) is 20.8. The van der Waals surface area contributed by atoms with Crippen molar-refractivity contribution < 1.29 is 56.5 Å². The minimum atomic E-state index is 0. The van der Waals surface area contributed by atoms with E-state index in [0.29, 0.717) is 0 Å². The molecule has 0 amide bonds. The number of nitrogens with zero attached hydrogens (tertiary/aromatic N) is 4. The Kier molecular flexibility index (Phi) is 17.3. The molecule has 25 heavy (non-hydrogen) atoms. The average molecular weight is 381 g/mol. The van der Waals surface area contributed by atoms with Crippen LogP contribution < -0.4 is 56.5 Å². The third kappa shape index (κ3) is 11.1. The van der Waals surface area contributed by atoms with Crippen molar-refractivity contribution in [1.82, 2.24) is 19.6 Å². The number of hydrogen-bond donors (Lipinski definition) is 0. The molecule has 3 aliphatic heterocycles. The zero-order chi connectivity index (χ0) is 17.8. The predicted molar refractivity (Wildman–Crippen MR) is 101 cm³/mol. The molecule has 0 bridgehead atoms. The Labute approximate surface area is 199 Å². The maximum atomic E-state index is 10.2. The first-order valence-electron chi connectivity index (χ1n) is 10.1. The molecule has 0 atom stereocenters. The molecule has 0 aliphatic carbocycles. The molecule has 0 unspecified atom stereocenters. The van der Waals surface area contributed by atoms with Crippen LogP contribution in [0.5, 0.6) is 0 Å². The van der Waals surface area contributed by atoms with Crippen molar-refractivity contribution in [3.8, 4) is 0 Å². The molecule has 3 aliphatic rings. The van der Waals surface area contributed by atoms with E-state index >= 15 is 0 Å². The summed E-state index contributed by atoms with van der Waals surface area (Å²) < 4.78 is 0. The number of hydrogen-bond acceptors (Lipinski definition) is 5. The molecular weight excluding hydrogens is 339 g/mol. The van der Waals surface area contributed by atoms with Crippen LogP contribution in [0.25, 0.3) is 0 Å². The largest absolute Gasteiger partial charge is 1.00 e. The number of likely N-dealkylation sites (N-methyl/N-ethyl adjacent to an activating group) is 1. The summed E-state index contributed by atoms with van der Waals surface area (Å²) in [6.07, 6.45) is 5.67. The first-order valence-corrected chi connectivity index (χ1v) is 10.1. The van der Waals surface area contributed by atoms with E-state index in [-0.39, 0.29) is 58.0 Å². The van der Waals surface area contributed by atoms with Gasteiger partial charge in [0.1, 0.15) is 0 Å². The van der Waals surface area contributed by atoms with Gasteiger partial charge in [0.25, 0.3) is 0 Å². The Balaban J connectivity index is 0.000000410. The van der Waals surface area contributed by atoms with Crippen molar-refractivity contribution in [2.75, 3.05) is 79.6 Å². The summed E-state index contributed by atoms with van der Waals surface area (Å²) in [5.74, 6) is 0. The summed E-state index contributed by atoms with van der Waals surface area (Å²) >= 11 is 0. The first kappa shape index (κ1) is 26.4. The van der Waals surface area contributed by atoms with Gasteiger partial charge in [-0.05, 0) is 72.5 Å². The van der Waals surface area contributed by atoms with Crippen molar-refractivity contribution in [3.05, 3.63) is 0 Å². The van der Waals surface area contributed by atoms with Crippen molar-refractivity contribution in [2.24, 2.45) is 0 Å². The third-order valence-electron chi connectivity index (χ3n) is 5.35. The molecule has 0 aromatic heterocycles. The van der Waals surface area contributed by atoms with E-state index in [1.54, 1.807) is 0 Å². The summed E-state index contributed by atoms with van der Waals surface area (Å²) in [5, 5.41) is 10.2. The number of piperazine rings is 1. The fourth-order valence-electron chi connectivity index (χ4n) is 3.67. The number of likely N-dealkylation sites (tertiary alicyclic amines) is 2. The van der Waals surface area contributed by atoms with Crippen LogP contribution in [0, 0.1) is 0 Å². The van der Waals surface area contributed by atoms with E-state index in [1.807, 2.05) is 13.8 Å². The van der Waals surface area contributed by atoms with E-state index in [9.17, 15) is 5.11 Å². The van der Waals surface area contributed by atoms with E-state index in [1.165, 1.54) is 51.9 Å². The summed E-state index contributed by atoms with van der Waals surface area (Å²) in [4.78, 5) is 9.67. The number of rotatable bonds is 3. The first-order chi connectivity index (χ1) is 11.7. The summed E-state index contributed by atoms with van der Waals surface area (Å²) in [6.45, 7) is 14.5. The summed E-state index contributed by atoms with van der Waals surface area (Å²) in [6, 6.07) is 0.920. The molecule has 5 nitrogen and oxygen atoms in total. The van der Waals surface area contributed by atoms with Crippen LogP contribution in [0.1, 0.15) is 39.5 Å². The minimum absolute atomic E-state index is 0. The number of piperidine rings is 1. The minimum Gasteiger partial charge on any atom is -0.854 e. The van der Waals surface area contributed by atoms with Crippen LogP contribution in [-0.2, 0) is 0 Å². The van der Waals surface area contributed by atoms with E-state index in [2.05, 4.69) is 33.7 Å². The van der Waals surface area contributed by atoms with Crippen LogP contribution in [0.4, 0.5) is 0 Å². The molecule has 144 valence electrons. The Morgan fingerprint density at radius 1 is 0.760 bits per heavy atom. The Bertz CT molecular complexity index is 287. The van der Waals surface area contributed by atoms with Crippen LogP contribution >= 0.6 is 0 Å². The Hall–Kier alpha value is 1.44. The molecule has 0 aromatic carbocycles. The molecule has 6 heteroatoms. The van der Waals surface area contributed by atoms with Gasteiger partial charge < -0.3 is 24.7 Å². The third-order valence-corrected chi connectivity index (χ3v) is 5.35. The van der Waals surface area contributed by atoms with Crippen LogP contribution in [0.2, 0.25) is 0 Å². The van der Waals surface area contributed by atoms with Gasteiger partial charge in [0.15, 0.2) is 0 Å². The van der Waals surface area contributed by atoms with Gasteiger partial charge in [-0.3, -0.25) is 0 Å². The molecule has 0 aromatic rings. The molecule has 0 saturated carbocycles. The molecule has 3 heterocycles. The fourth-order valence-corrected chi connectivity index (χ4v) is 3.67. The molecule has 3 rings (SSSR count). The standard InChI is InChI=1S/C10H20N2.C7H15N2O.C2H6.K/c1-11-8-4-10(5-9-11)12-6-2-3-7-12;1-8-2-4-9(5-3-8)6-7-10;1-2;/h10H,2-9H2,1H3;2-7H2,1H3;1-2H3;/q;-1;;+1. The SMILES string of the molecule is CC.CN1CCC(N2CCCC2)CC1.CN1CCN(CC[O-])CC1.[K+]. The van der Waals surface area contributed by atoms with E-state index in [4.69, 9.17) is 0 Å². The van der Waals surface area contributed by atoms with Gasteiger partial charge >= 0.3 is 51.4 Å². The van der Waals surface area contributed by atoms with E-state index < -0.39 is 0 Å². The van der Waals surface area contributed by atoms with Gasteiger partial charge in [-0.15, -0.1) is 6.61 Å². The topological polar surface area (TPSA) is 36.0 Å². The second-order valence-corrected chi connectivity index (χ2v) is 7.13. The molecule has 3 saturated heterocycles. The fraction of sp³-hybridized carbons (Fsp3) is 1.00. The van der Waals surface area contributed by atoms with Gasteiger partial charge in [0, 0.05) is 32.2 Å². The summed E-state index contributed by atoms with van der Waals surface area (Å²) in [7, 11) is 4.36. The summed E-state index contributed by atoms with van der Waals surface area (Å²) in [5.41, 5.74) is 0. The quantitative estimate of drug-likeness (QED) is 0.520. The zero-order valence-electron chi connectivity index (χ0n) is 17.7. The van der Waals surface area contributed by atoms with Gasteiger partial charge in [-0.1, -0.05) is 13.8 Å². The maximum absolute atomic E-state index is 10.2. The monoisotopic (exact) mass is 380 g/mol. The normalized spacial score (nSPS) is 23.9. The predicted octanol–water partition coefficient (Wildman–Crippen LogP) is -2.20. The Morgan fingerprint density at radius 2 is 1.24 bits per heavy atom. The molecule has 0 radical (unpaired) electrons. The second-order valence-electron chi connectivity index (χ2n) is 7.13. The maximum Gasteiger partial charge on any atom is 1.00 e. The molecule has 3 fully saturated rings. The van der Waals surface area contributed by atoms with Gasteiger partial charge in [0.05, 0.1) is 0 Å². The molecule has 0 N–H and O–H groups in total. The van der Waals surface area contributed by atoms with Crippen molar-refractivity contribution in [1.29, 1.82) is 0 Å². The molecular formula is C19H41KN4O. The van der Waals surface area contributed by atoms with E-state index in [0.717, 1.165) is 38.8 Å². The van der Waals surface area contributed by atoms with Gasteiger partial charge in [-0.2, -0.15) is 0 Å².